The minimum atomic E-state index is -1.40. The fourth-order valence-corrected chi connectivity index (χ4v) is 1.13. The van der Waals surface area contributed by atoms with Gasteiger partial charge in [-0.15, -0.1) is 0 Å². The van der Waals surface area contributed by atoms with Crippen molar-refractivity contribution < 1.29 is 29.3 Å². The van der Waals surface area contributed by atoms with E-state index >= 15 is 0 Å². The zero-order valence-corrected chi connectivity index (χ0v) is 11.8. The van der Waals surface area contributed by atoms with Crippen molar-refractivity contribution in [1.82, 2.24) is 0 Å². The number of aliphatic hydroxyl groups is 2. The van der Waals surface area contributed by atoms with Crippen molar-refractivity contribution in [1.29, 1.82) is 0 Å². The highest BCUT2D eigenvalue weighted by Gasteiger charge is 2.26. The topological polar surface area (TPSA) is 93.1 Å². The first-order chi connectivity index (χ1) is 8.79. The van der Waals surface area contributed by atoms with Gasteiger partial charge in [0.05, 0.1) is 5.41 Å². The van der Waals surface area contributed by atoms with E-state index in [2.05, 4.69) is 0 Å². The third-order valence-electron chi connectivity index (χ3n) is 2.86. The first-order valence-electron chi connectivity index (χ1n) is 6.48. The third-order valence-corrected chi connectivity index (χ3v) is 2.86. The van der Waals surface area contributed by atoms with Crippen LogP contribution < -0.4 is 0 Å². The second-order valence-corrected chi connectivity index (χ2v) is 4.97. The van der Waals surface area contributed by atoms with Crippen molar-refractivity contribution in [2.24, 2.45) is 5.41 Å². The van der Waals surface area contributed by atoms with Crippen molar-refractivity contribution >= 4 is 11.9 Å². The Kier molecular flexibility index (Phi) is 8.34. The predicted molar refractivity (Wildman–Crippen MR) is 68.1 cm³/mol. The molecule has 0 aliphatic carbocycles. The first-order valence-corrected chi connectivity index (χ1v) is 6.48. The highest BCUT2D eigenvalue weighted by Crippen LogP contribution is 2.21. The molecule has 2 N–H and O–H groups in total. The zero-order valence-electron chi connectivity index (χ0n) is 11.8. The van der Waals surface area contributed by atoms with Crippen molar-refractivity contribution in [2.75, 3.05) is 13.2 Å². The molecule has 0 bridgehead atoms. The maximum atomic E-state index is 11.6. The number of hydrogen-bond acceptors (Lipinski definition) is 6. The summed E-state index contributed by atoms with van der Waals surface area (Å²) in [6.45, 7) is 5.54. The van der Waals surface area contributed by atoms with Crippen molar-refractivity contribution in [3.05, 3.63) is 0 Å². The molecule has 0 heterocycles. The lowest BCUT2D eigenvalue weighted by Gasteiger charge is -2.20. The summed E-state index contributed by atoms with van der Waals surface area (Å²) in [6, 6.07) is 0. The molecule has 0 unspecified atom stereocenters. The van der Waals surface area contributed by atoms with Crippen LogP contribution in [-0.4, -0.2) is 41.7 Å². The molecule has 0 aromatic carbocycles. The van der Waals surface area contributed by atoms with E-state index in [-0.39, 0.29) is 32.0 Å². The lowest BCUT2D eigenvalue weighted by Crippen LogP contribution is -2.27. The van der Waals surface area contributed by atoms with E-state index < -0.39 is 17.7 Å². The molecule has 0 aromatic rings. The summed E-state index contributed by atoms with van der Waals surface area (Å²) < 4.78 is 9.84. The molecule has 0 amide bonds. The highest BCUT2D eigenvalue weighted by molar-refractivity contribution is 5.75. The highest BCUT2D eigenvalue weighted by atomic mass is 16.6. The molecule has 0 saturated heterocycles. The third kappa shape index (κ3) is 8.56. The van der Waals surface area contributed by atoms with Crippen molar-refractivity contribution in [3.63, 3.8) is 0 Å². The standard InChI is InChI=1S/C13H24O6/c1-4-13(2,3)12(17)19-9-8-18-11(16)7-5-6-10(14)15/h10,14-15H,4-9H2,1-3H3. The largest absolute Gasteiger partial charge is 0.462 e. The lowest BCUT2D eigenvalue weighted by atomic mass is 9.91. The Morgan fingerprint density at radius 1 is 1.16 bits per heavy atom. The molecular formula is C13H24O6. The maximum absolute atomic E-state index is 11.6. The molecule has 6 heteroatoms. The fraction of sp³-hybridized carbons (Fsp3) is 0.846. The molecule has 0 spiro atoms. The molecular weight excluding hydrogens is 252 g/mol. The van der Waals surface area contributed by atoms with Gasteiger partial charge in [-0.2, -0.15) is 0 Å². The van der Waals surface area contributed by atoms with Crippen molar-refractivity contribution in [3.8, 4) is 0 Å². The van der Waals surface area contributed by atoms with Gasteiger partial charge >= 0.3 is 11.9 Å². The Balaban J connectivity index is 3.64. The van der Waals surface area contributed by atoms with E-state index in [4.69, 9.17) is 19.7 Å². The average molecular weight is 276 g/mol. The summed E-state index contributed by atoms with van der Waals surface area (Å²) in [7, 11) is 0. The van der Waals surface area contributed by atoms with E-state index in [0.717, 1.165) is 0 Å². The number of hydrogen-bond donors (Lipinski definition) is 2. The van der Waals surface area contributed by atoms with Crippen LogP contribution in [0.3, 0.4) is 0 Å². The van der Waals surface area contributed by atoms with Crippen molar-refractivity contribution in [2.45, 2.75) is 52.7 Å². The first kappa shape index (κ1) is 17.9. The van der Waals surface area contributed by atoms with Crippen LogP contribution in [-0.2, 0) is 19.1 Å². The molecule has 6 nitrogen and oxygen atoms in total. The second-order valence-electron chi connectivity index (χ2n) is 4.97. The van der Waals surface area contributed by atoms with Crippen LogP contribution in [0, 0.1) is 5.41 Å². The van der Waals surface area contributed by atoms with Crippen LogP contribution in [0.5, 0.6) is 0 Å². The van der Waals surface area contributed by atoms with Crippen LogP contribution in [0.2, 0.25) is 0 Å². The molecule has 19 heavy (non-hydrogen) atoms. The van der Waals surface area contributed by atoms with Gasteiger partial charge in [0.2, 0.25) is 0 Å². The summed E-state index contributed by atoms with van der Waals surface area (Å²) in [6.07, 6.45) is -0.125. The summed E-state index contributed by atoms with van der Waals surface area (Å²) in [5.74, 6) is -0.749. The maximum Gasteiger partial charge on any atom is 0.311 e. The minimum absolute atomic E-state index is 0.0199. The van der Waals surface area contributed by atoms with Gasteiger partial charge in [-0.3, -0.25) is 9.59 Å². The van der Waals surface area contributed by atoms with Gasteiger partial charge in [0.1, 0.15) is 13.2 Å². The summed E-state index contributed by atoms with van der Waals surface area (Å²) in [5.41, 5.74) is -0.527. The Morgan fingerprint density at radius 2 is 1.74 bits per heavy atom. The van der Waals surface area contributed by atoms with Crippen LogP contribution >= 0.6 is 0 Å². The number of aliphatic hydroxyl groups excluding tert-OH is 1. The van der Waals surface area contributed by atoms with Crippen LogP contribution in [0.4, 0.5) is 0 Å². The molecule has 0 atom stereocenters. The number of rotatable bonds is 9. The number of ether oxygens (including phenoxy) is 2. The van der Waals surface area contributed by atoms with Crippen LogP contribution in [0.15, 0.2) is 0 Å². The lowest BCUT2D eigenvalue weighted by molar-refractivity contribution is -0.159. The summed E-state index contributed by atoms with van der Waals surface area (Å²) in [4.78, 5) is 22.8. The van der Waals surface area contributed by atoms with Gasteiger partial charge < -0.3 is 19.7 Å². The number of carbonyl (C=O) groups is 2. The fourth-order valence-electron chi connectivity index (χ4n) is 1.13. The second kappa shape index (κ2) is 8.87. The van der Waals surface area contributed by atoms with E-state index in [1.807, 2.05) is 6.92 Å². The number of esters is 2. The molecule has 0 aliphatic heterocycles. The Labute approximate surface area is 113 Å². The Bertz CT molecular complexity index is 285. The van der Waals surface area contributed by atoms with Crippen LogP contribution in [0.1, 0.15) is 46.5 Å². The summed E-state index contributed by atoms with van der Waals surface area (Å²) in [5, 5.41) is 17.2. The van der Waals surface area contributed by atoms with Gasteiger partial charge in [0, 0.05) is 6.42 Å². The molecule has 0 saturated carbocycles. The number of carbonyl (C=O) groups excluding carboxylic acids is 2. The van der Waals surface area contributed by atoms with Gasteiger partial charge in [0.15, 0.2) is 6.29 Å². The smallest absolute Gasteiger partial charge is 0.311 e. The summed E-state index contributed by atoms with van der Waals surface area (Å²) >= 11 is 0. The van der Waals surface area contributed by atoms with Gasteiger partial charge in [0.25, 0.3) is 0 Å². The van der Waals surface area contributed by atoms with E-state index in [1.54, 1.807) is 13.8 Å². The van der Waals surface area contributed by atoms with E-state index in [0.29, 0.717) is 12.8 Å². The van der Waals surface area contributed by atoms with Crippen LogP contribution in [0.25, 0.3) is 0 Å². The van der Waals surface area contributed by atoms with E-state index in [1.165, 1.54) is 0 Å². The Hall–Kier alpha value is -1.14. The molecule has 0 aliphatic rings. The molecule has 112 valence electrons. The predicted octanol–water partition coefficient (Wildman–Crippen LogP) is 0.990. The SMILES string of the molecule is CCC(C)(C)C(=O)OCCOC(=O)CCCC(O)O. The quantitative estimate of drug-likeness (QED) is 0.370. The molecule has 0 aromatic heterocycles. The van der Waals surface area contributed by atoms with Gasteiger partial charge in [-0.25, -0.2) is 0 Å². The zero-order chi connectivity index (χ0) is 14.9. The van der Waals surface area contributed by atoms with Gasteiger partial charge in [-0.1, -0.05) is 6.92 Å². The average Bonchev–Trinajstić information content (AvgIpc) is 2.33. The minimum Gasteiger partial charge on any atom is -0.462 e. The molecule has 0 rings (SSSR count). The molecule has 0 radical (unpaired) electrons. The van der Waals surface area contributed by atoms with E-state index in [9.17, 15) is 9.59 Å². The monoisotopic (exact) mass is 276 g/mol. The van der Waals surface area contributed by atoms with Gasteiger partial charge in [-0.05, 0) is 33.1 Å². The Morgan fingerprint density at radius 3 is 2.26 bits per heavy atom. The molecule has 0 fully saturated rings. The normalized spacial score (nSPS) is 11.5.